The number of nitrogens with zero attached hydrogens (tertiary/aromatic N) is 2. The summed E-state index contributed by atoms with van der Waals surface area (Å²) in [4.78, 5) is 13.3. The molecule has 4 nitrogen and oxygen atoms in total. The average molecular weight is 221 g/mol. The van der Waals surface area contributed by atoms with Crippen molar-refractivity contribution in [2.45, 2.75) is 38.6 Å². The third-order valence-corrected chi connectivity index (χ3v) is 3.65. The fourth-order valence-corrected chi connectivity index (χ4v) is 2.59. The van der Waals surface area contributed by atoms with Crippen molar-refractivity contribution in [3.8, 4) is 6.07 Å². The molecule has 2 aliphatic rings. The fraction of sp³-hybridized carbons (Fsp3) is 0.833. The van der Waals surface area contributed by atoms with Crippen LogP contribution in [-0.2, 0) is 4.79 Å². The summed E-state index contributed by atoms with van der Waals surface area (Å²) in [6, 6.07) is 2.61. The van der Waals surface area contributed by atoms with Gasteiger partial charge < -0.3 is 10.2 Å². The smallest absolute Gasteiger partial charge is 0.217 e. The third-order valence-electron chi connectivity index (χ3n) is 3.65. The maximum atomic E-state index is 10.9. The van der Waals surface area contributed by atoms with Crippen molar-refractivity contribution in [2.75, 3.05) is 19.6 Å². The van der Waals surface area contributed by atoms with Crippen molar-refractivity contribution in [2.24, 2.45) is 5.41 Å². The van der Waals surface area contributed by atoms with Crippen molar-refractivity contribution in [3.05, 3.63) is 0 Å². The zero-order valence-corrected chi connectivity index (χ0v) is 9.83. The van der Waals surface area contributed by atoms with Gasteiger partial charge in [0.15, 0.2) is 0 Å². The second kappa shape index (κ2) is 4.42. The van der Waals surface area contributed by atoms with Crippen LogP contribution < -0.4 is 5.32 Å². The summed E-state index contributed by atoms with van der Waals surface area (Å²) in [5.41, 5.74) is 0.292. The van der Waals surface area contributed by atoms with E-state index in [2.05, 4.69) is 16.3 Å². The quantitative estimate of drug-likeness (QED) is 0.767. The Morgan fingerprint density at radius 1 is 1.62 bits per heavy atom. The van der Waals surface area contributed by atoms with Crippen LogP contribution in [0.4, 0.5) is 0 Å². The number of hydrogen-bond donors (Lipinski definition) is 1. The van der Waals surface area contributed by atoms with E-state index in [0.717, 1.165) is 26.1 Å². The first-order valence-corrected chi connectivity index (χ1v) is 6.00. The molecule has 1 amide bonds. The maximum Gasteiger partial charge on any atom is 0.217 e. The Bertz CT molecular complexity index is 317. The third kappa shape index (κ3) is 2.73. The first-order chi connectivity index (χ1) is 7.63. The lowest BCUT2D eigenvalue weighted by molar-refractivity contribution is -0.119. The van der Waals surface area contributed by atoms with Crippen LogP contribution in [0.5, 0.6) is 0 Å². The van der Waals surface area contributed by atoms with Crippen molar-refractivity contribution in [3.63, 3.8) is 0 Å². The van der Waals surface area contributed by atoms with Gasteiger partial charge in [-0.2, -0.15) is 5.26 Å². The molecule has 88 valence electrons. The van der Waals surface area contributed by atoms with E-state index >= 15 is 0 Å². The molecule has 4 heteroatoms. The lowest BCUT2D eigenvalue weighted by atomic mass is 10.0. The van der Waals surface area contributed by atoms with Gasteiger partial charge in [0.2, 0.25) is 5.91 Å². The zero-order valence-electron chi connectivity index (χ0n) is 9.83. The molecule has 2 fully saturated rings. The normalized spacial score (nSPS) is 27.4. The van der Waals surface area contributed by atoms with E-state index in [4.69, 9.17) is 5.26 Å². The summed E-state index contributed by atoms with van der Waals surface area (Å²) in [6.45, 7) is 4.61. The molecule has 1 aliphatic heterocycles. The summed E-state index contributed by atoms with van der Waals surface area (Å²) in [5, 5.41) is 11.7. The van der Waals surface area contributed by atoms with E-state index in [9.17, 15) is 4.79 Å². The lowest BCUT2D eigenvalue weighted by Gasteiger charge is -2.21. The summed E-state index contributed by atoms with van der Waals surface area (Å²) in [7, 11) is 0. The highest BCUT2D eigenvalue weighted by molar-refractivity contribution is 5.73. The Morgan fingerprint density at radius 3 is 2.94 bits per heavy atom. The molecule has 16 heavy (non-hydrogen) atoms. The molecular formula is C12H19N3O. The largest absolute Gasteiger partial charge is 0.352 e. The van der Waals surface area contributed by atoms with Crippen LogP contribution in [0.25, 0.3) is 0 Å². The summed E-state index contributed by atoms with van der Waals surface area (Å²) < 4.78 is 0. The second-order valence-electron chi connectivity index (χ2n) is 5.26. The van der Waals surface area contributed by atoms with Gasteiger partial charge in [0.25, 0.3) is 0 Å². The molecule has 1 heterocycles. The Hall–Kier alpha value is -1.08. The van der Waals surface area contributed by atoms with Gasteiger partial charge in [0.05, 0.1) is 6.07 Å². The van der Waals surface area contributed by atoms with Gasteiger partial charge in [-0.15, -0.1) is 0 Å². The number of rotatable bonds is 4. The number of hydrogen-bond acceptors (Lipinski definition) is 3. The van der Waals surface area contributed by atoms with Gasteiger partial charge in [-0.1, -0.05) is 0 Å². The zero-order chi connectivity index (χ0) is 11.6. The van der Waals surface area contributed by atoms with Gasteiger partial charge in [-0.25, -0.2) is 0 Å². The first kappa shape index (κ1) is 11.4. The maximum absolute atomic E-state index is 10.9. The van der Waals surface area contributed by atoms with Gasteiger partial charge in [-0.05, 0) is 24.7 Å². The molecule has 0 bridgehead atoms. The van der Waals surface area contributed by atoms with E-state index in [1.165, 1.54) is 12.8 Å². The molecule has 1 N–H and O–H groups in total. The molecule has 1 atom stereocenters. The van der Waals surface area contributed by atoms with E-state index in [0.29, 0.717) is 17.9 Å². The molecule has 0 aromatic carbocycles. The molecule has 1 saturated heterocycles. The van der Waals surface area contributed by atoms with Crippen molar-refractivity contribution in [1.29, 1.82) is 5.26 Å². The highest BCUT2D eigenvalue weighted by Gasteiger charge is 2.44. The SMILES string of the molecule is CC(=O)NC1CCN(CC2(CC#N)CC2)C1. The van der Waals surface area contributed by atoms with Crippen LogP contribution >= 0.6 is 0 Å². The van der Waals surface area contributed by atoms with Crippen LogP contribution in [0.2, 0.25) is 0 Å². The number of carbonyl (C=O) groups is 1. The highest BCUT2D eigenvalue weighted by Crippen LogP contribution is 2.49. The Balaban J connectivity index is 1.77. The monoisotopic (exact) mass is 221 g/mol. The number of nitrogens with one attached hydrogen (secondary N) is 1. The minimum Gasteiger partial charge on any atom is -0.352 e. The van der Waals surface area contributed by atoms with Crippen molar-refractivity contribution in [1.82, 2.24) is 10.2 Å². The molecular weight excluding hydrogens is 202 g/mol. The molecule has 0 radical (unpaired) electrons. The van der Waals surface area contributed by atoms with Crippen LogP contribution in [0.3, 0.4) is 0 Å². The Labute approximate surface area is 96.6 Å². The number of amides is 1. The molecule has 0 aromatic heterocycles. The predicted octanol–water partition coefficient (Wildman–Crippen LogP) is 0.891. The van der Waals surface area contributed by atoms with Gasteiger partial charge in [0.1, 0.15) is 0 Å². The molecule has 0 aromatic rings. The summed E-state index contributed by atoms with van der Waals surface area (Å²) in [5.74, 6) is 0.0602. The predicted molar refractivity (Wildman–Crippen MR) is 60.6 cm³/mol. The molecule has 1 saturated carbocycles. The van der Waals surface area contributed by atoms with Gasteiger partial charge in [0, 0.05) is 39.0 Å². The number of nitriles is 1. The molecule has 2 rings (SSSR count). The molecule has 1 unspecified atom stereocenters. The second-order valence-corrected chi connectivity index (χ2v) is 5.26. The average Bonchev–Trinajstić information content (AvgIpc) is 2.80. The van der Waals surface area contributed by atoms with Gasteiger partial charge >= 0.3 is 0 Å². The Morgan fingerprint density at radius 2 is 2.38 bits per heavy atom. The van der Waals surface area contributed by atoms with Crippen LogP contribution in [0.15, 0.2) is 0 Å². The standard InChI is InChI=1S/C12H19N3O/c1-10(16)14-11-2-7-15(8-11)9-12(3-4-12)5-6-13/h11H,2-5,7-9H2,1H3,(H,14,16). The summed E-state index contributed by atoms with van der Waals surface area (Å²) in [6.07, 6.45) is 4.13. The molecule has 0 spiro atoms. The molecule has 1 aliphatic carbocycles. The van der Waals surface area contributed by atoms with Crippen LogP contribution in [-0.4, -0.2) is 36.5 Å². The van der Waals surface area contributed by atoms with Crippen molar-refractivity contribution < 1.29 is 4.79 Å². The van der Waals surface area contributed by atoms with Crippen LogP contribution in [0, 0.1) is 16.7 Å². The minimum atomic E-state index is 0.0602. The Kier molecular flexibility index (Phi) is 3.15. The van der Waals surface area contributed by atoms with E-state index in [1.807, 2.05) is 0 Å². The number of likely N-dealkylation sites (tertiary alicyclic amines) is 1. The van der Waals surface area contributed by atoms with E-state index in [1.54, 1.807) is 6.92 Å². The minimum absolute atomic E-state index is 0.0602. The van der Waals surface area contributed by atoms with E-state index in [-0.39, 0.29) is 5.91 Å². The van der Waals surface area contributed by atoms with Crippen LogP contribution in [0.1, 0.15) is 32.6 Å². The summed E-state index contributed by atoms with van der Waals surface area (Å²) >= 11 is 0. The van der Waals surface area contributed by atoms with Crippen molar-refractivity contribution >= 4 is 5.91 Å². The fourth-order valence-electron chi connectivity index (χ4n) is 2.59. The van der Waals surface area contributed by atoms with E-state index < -0.39 is 0 Å². The topological polar surface area (TPSA) is 56.1 Å². The lowest BCUT2D eigenvalue weighted by Crippen LogP contribution is -2.37. The first-order valence-electron chi connectivity index (χ1n) is 6.00. The number of carbonyl (C=O) groups excluding carboxylic acids is 1. The highest BCUT2D eigenvalue weighted by atomic mass is 16.1. The van der Waals surface area contributed by atoms with Gasteiger partial charge in [-0.3, -0.25) is 4.79 Å².